The van der Waals surface area contributed by atoms with Crippen LogP contribution in [-0.4, -0.2) is 39.0 Å². The minimum Gasteiger partial charge on any atom is -0.504 e. The number of hydrogen-bond acceptors (Lipinski definition) is 7. The monoisotopic (exact) mass is 293 g/mol. The van der Waals surface area contributed by atoms with Crippen molar-refractivity contribution in [3.63, 3.8) is 0 Å². The number of hydrazine groups is 1. The number of carbonyl (C=O) groups excluding carboxylic acids is 1. The molecule has 0 saturated heterocycles. The highest BCUT2D eigenvalue weighted by molar-refractivity contribution is 5.85. The molecule has 0 spiro atoms. The average Bonchev–Trinajstić information content (AvgIpc) is 2.37. The van der Waals surface area contributed by atoms with E-state index in [0.717, 1.165) is 0 Å². The standard InChI is InChI=1S/C10H15N3O5.ClH/c11-6(4-14)10(18)13-12-3-5-1-2-7(15)9(17)8(5)16;/h1-2,6,12,14-17H,3-4,11H2,(H,13,18);1H/t6-;/m1./s1. The summed E-state index contributed by atoms with van der Waals surface area (Å²) in [6.07, 6.45) is 0. The van der Waals surface area contributed by atoms with Crippen molar-refractivity contribution < 1.29 is 25.2 Å². The largest absolute Gasteiger partial charge is 0.504 e. The third kappa shape index (κ3) is 4.45. The summed E-state index contributed by atoms with van der Waals surface area (Å²) in [7, 11) is 0. The number of carbonyl (C=O) groups is 1. The second-order valence-corrected chi connectivity index (χ2v) is 3.57. The number of nitrogens with one attached hydrogen (secondary N) is 2. The lowest BCUT2D eigenvalue weighted by Crippen LogP contribution is -2.48. The molecule has 0 fully saturated rings. The van der Waals surface area contributed by atoms with Crippen LogP contribution < -0.4 is 16.6 Å². The summed E-state index contributed by atoms with van der Waals surface area (Å²) in [4.78, 5) is 11.2. The molecular formula is C10H16ClN3O5. The average molecular weight is 294 g/mol. The van der Waals surface area contributed by atoms with Gasteiger partial charge in [0.05, 0.1) is 6.61 Å². The van der Waals surface area contributed by atoms with E-state index < -0.39 is 35.8 Å². The molecule has 0 heterocycles. The van der Waals surface area contributed by atoms with Crippen LogP contribution in [0.25, 0.3) is 0 Å². The van der Waals surface area contributed by atoms with Gasteiger partial charge in [-0.25, -0.2) is 5.43 Å². The number of nitrogens with two attached hydrogens (primary N) is 1. The molecule has 0 aromatic heterocycles. The van der Waals surface area contributed by atoms with Crippen molar-refractivity contribution in [2.24, 2.45) is 5.73 Å². The zero-order chi connectivity index (χ0) is 13.7. The Kier molecular flexibility index (Phi) is 6.94. The van der Waals surface area contributed by atoms with Crippen molar-refractivity contribution in [3.05, 3.63) is 17.7 Å². The van der Waals surface area contributed by atoms with Crippen LogP contribution in [0.15, 0.2) is 12.1 Å². The Balaban J connectivity index is 0.00000324. The van der Waals surface area contributed by atoms with Gasteiger partial charge in [-0.1, -0.05) is 6.07 Å². The van der Waals surface area contributed by atoms with Crippen molar-refractivity contribution >= 4 is 18.3 Å². The Morgan fingerprint density at radius 1 is 1.26 bits per heavy atom. The van der Waals surface area contributed by atoms with Gasteiger partial charge in [0, 0.05) is 12.1 Å². The first-order valence-corrected chi connectivity index (χ1v) is 5.09. The maximum absolute atomic E-state index is 11.2. The predicted octanol–water partition coefficient (Wildman–Crippen LogP) is -1.33. The van der Waals surface area contributed by atoms with Gasteiger partial charge in [-0.15, -0.1) is 12.4 Å². The highest BCUT2D eigenvalue weighted by atomic mass is 35.5. The molecule has 1 aromatic rings. The SMILES string of the molecule is Cl.N[C@H](CO)C(=O)NNCc1ccc(O)c(O)c1O. The maximum atomic E-state index is 11.2. The molecule has 108 valence electrons. The van der Waals surface area contributed by atoms with Gasteiger partial charge in [0.2, 0.25) is 5.75 Å². The van der Waals surface area contributed by atoms with Crippen LogP contribution in [0.2, 0.25) is 0 Å². The van der Waals surface area contributed by atoms with E-state index in [1.165, 1.54) is 12.1 Å². The van der Waals surface area contributed by atoms with Crippen LogP contribution in [0, 0.1) is 0 Å². The van der Waals surface area contributed by atoms with Crippen LogP contribution in [-0.2, 0) is 11.3 Å². The molecule has 9 heteroatoms. The van der Waals surface area contributed by atoms with E-state index in [-0.39, 0.29) is 24.5 Å². The lowest BCUT2D eigenvalue weighted by molar-refractivity contribution is -0.124. The first-order chi connectivity index (χ1) is 8.47. The molecule has 1 aromatic carbocycles. The second kappa shape index (κ2) is 7.64. The third-order valence-corrected chi connectivity index (χ3v) is 2.24. The van der Waals surface area contributed by atoms with Gasteiger partial charge in [-0.05, 0) is 6.07 Å². The van der Waals surface area contributed by atoms with Gasteiger partial charge in [0.25, 0.3) is 5.91 Å². The fourth-order valence-corrected chi connectivity index (χ4v) is 1.16. The summed E-state index contributed by atoms with van der Waals surface area (Å²) in [6, 6.07) is 1.53. The number of phenolic OH excluding ortho intramolecular Hbond substituents is 3. The number of aliphatic hydroxyl groups excluding tert-OH is 1. The number of halogens is 1. The van der Waals surface area contributed by atoms with E-state index in [1.54, 1.807) is 0 Å². The quantitative estimate of drug-likeness (QED) is 0.263. The number of aromatic hydroxyl groups is 3. The summed E-state index contributed by atoms with van der Waals surface area (Å²) in [5, 5.41) is 36.4. The van der Waals surface area contributed by atoms with Crippen molar-refractivity contribution in [2.75, 3.05) is 6.61 Å². The van der Waals surface area contributed by atoms with Crippen LogP contribution in [0.3, 0.4) is 0 Å². The van der Waals surface area contributed by atoms with Crippen molar-refractivity contribution in [1.29, 1.82) is 0 Å². The summed E-state index contributed by atoms with van der Waals surface area (Å²) in [6.45, 7) is -0.484. The van der Waals surface area contributed by atoms with Gasteiger partial charge in [0.15, 0.2) is 11.5 Å². The van der Waals surface area contributed by atoms with E-state index in [2.05, 4.69) is 10.9 Å². The van der Waals surface area contributed by atoms with Crippen LogP contribution in [0.1, 0.15) is 5.56 Å². The Labute approximate surface area is 115 Å². The lowest BCUT2D eigenvalue weighted by atomic mass is 10.2. The first-order valence-electron chi connectivity index (χ1n) is 5.09. The lowest BCUT2D eigenvalue weighted by Gasteiger charge is -2.12. The molecule has 0 aliphatic heterocycles. The normalized spacial score (nSPS) is 11.5. The molecule has 0 unspecified atom stereocenters. The van der Waals surface area contributed by atoms with Crippen molar-refractivity contribution in [3.8, 4) is 17.2 Å². The fraction of sp³-hybridized carbons (Fsp3) is 0.300. The first kappa shape index (κ1) is 17.3. The number of aliphatic hydroxyl groups is 1. The summed E-state index contributed by atoms with van der Waals surface area (Å²) in [5.41, 5.74) is 10.2. The Bertz CT molecular complexity index is 443. The summed E-state index contributed by atoms with van der Waals surface area (Å²) in [5.74, 6) is -2.17. The Morgan fingerprint density at radius 3 is 2.47 bits per heavy atom. The van der Waals surface area contributed by atoms with Gasteiger partial charge in [-0.2, -0.15) is 0 Å². The number of amides is 1. The number of hydrogen-bond donors (Lipinski definition) is 7. The minimum absolute atomic E-state index is 0. The van der Waals surface area contributed by atoms with Crippen molar-refractivity contribution in [1.82, 2.24) is 10.9 Å². The molecule has 1 atom stereocenters. The highest BCUT2D eigenvalue weighted by Crippen LogP contribution is 2.36. The Morgan fingerprint density at radius 2 is 1.89 bits per heavy atom. The van der Waals surface area contributed by atoms with Gasteiger partial charge in [0.1, 0.15) is 6.04 Å². The third-order valence-electron chi connectivity index (χ3n) is 2.24. The fourth-order valence-electron chi connectivity index (χ4n) is 1.16. The molecule has 1 amide bonds. The maximum Gasteiger partial charge on any atom is 0.253 e. The second-order valence-electron chi connectivity index (χ2n) is 3.57. The van der Waals surface area contributed by atoms with Gasteiger partial charge < -0.3 is 26.2 Å². The molecule has 0 aliphatic carbocycles. The summed E-state index contributed by atoms with van der Waals surface area (Å²) >= 11 is 0. The van der Waals surface area contributed by atoms with E-state index in [0.29, 0.717) is 0 Å². The van der Waals surface area contributed by atoms with E-state index in [4.69, 9.17) is 15.9 Å². The van der Waals surface area contributed by atoms with Crippen LogP contribution >= 0.6 is 12.4 Å². The van der Waals surface area contributed by atoms with E-state index in [1.807, 2.05) is 0 Å². The molecule has 0 radical (unpaired) electrons. The number of benzene rings is 1. The summed E-state index contributed by atoms with van der Waals surface area (Å²) < 4.78 is 0. The number of phenols is 3. The molecule has 8 nitrogen and oxygen atoms in total. The Hall–Kier alpha value is -1.74. The topological polar surface area (TPSA) is 148 Å². The van der Waals surface area contributed by atoms with Crippen LogP contribution in [0.4, 0.5) is 0 Å². The highest BCUT2D eigenvalue weighted by Gasteiger charge is 2.13. The van der Waals surface area contributed by atoms with E-state index >= 15 is 0 Å². The number of rotatable bonds is 5. The predicted molar refractivity (Wildman–Crippen MR) is 68.7 cm³/mol. The zero-order valence-corrected chi connectivity index (χ0v) is 10.6. The van der Waals surface area contributed by atoms with Gasteiger partial charge >= 0.3 is 0 Å². The van der Waals surface area contributed by atoms with E-state index in [9.17, 15) is 15.0 Å². The molecule has 0 aliphatic rings. The molecule has 8 N–H and O–H groups in total. The van der Waals surface area contributed by atoms with Crippen LogP contribution in [0.5, 0.6) is 17.2 Å². The molecule has 0 bridgehead atoms. The molecule has 1 rings (SSSR count). The molecular weight excluding hydrogens is 278 g/mol. The molecule has 0 saturated carbocycles. The minimum atomic E-state index is -1.04. The van der Waals surface area contributed by atoms with Crippen molar-refractivity contribution in [2.45, 2.75) is 12.6 Å². The molecule has 19 heavy (non-hydrogen) atoms. The smallest absolute Gasteiger partial charge is 0.253 e. The zero-order valence-electron chi connectivity index (χ0n) is 9.83. The van der Waals surface area contributed by atoms with Gasteiger partial charge in [-0.3, -0.25) is 10.2 Å².